The first kappa shape index (κ1) is 21.8. The van der Waals surface area contributed by atoms with Crippen LogP contribution in [0, 0.1) is 11.8 Å². The minimum atomic E-state index is -0.359. The van der Waals surface area contributed by atoms with Crippen LogP contribution in [0.1, 0.15) is 41.3 Å². The van der Waals surface area contributed by atoms with Crippen molar-refractivity contribution in [1.29, 1.82) is 0 Å². The Morgan fingerprint density at radius 1 is 0.941 bits per heavy atom. The summed E-state index contributed by atoms with van der Waals surface area (Å²) in [6.07, 6.45) is 7.50. The zero-order valence-corrected chi connectivity index (χ0v) is 18.9. The van der Waals surface area contributed by atoms with Gasteiger partial charge in [-0.05, 0) is 73.7 Å². The summed E-state index contributed by atoms with van der Waals surface area (Å²) in [5.74, 6) is -1.49. The second-order valence-corrected chi connectivity index (χ2v) is 8.92. The van der Waals surface area contributed by atoms with Gasteiger partial charge in [0.15, 0.2) is 0 Å². The first-order chi connectivity index (χ1) is 16.5. The number of carbonyl (C=O) groups is 3. The summed E-state index contributed by atoms with van der Waals surface area (Å²) in [4.78, 5) is 44.7. The highest BCUT2D eigenvalue weighted by Gasteiger charge is 2.49. The van der Waals surface area contributed by atoms with E-state index in [2.05, 4.69) is 10.3 Å². The lowest BCUT2D eigenvalue weighted by molar-refractivity contribution is -0.122. The lowest BCUT2D eigenvalue weighted by Crippen LogP contribution is -2.33. The molecule has 170 valence electrons. The summed E-state index contributed by atoms with van der Waals surface area (Å²) in [6.45, 7) is 1.99. The van der Waals surface area contributed by atoms with Crippen molar-refractivity contribution in [3.8, 4) is 0 Å². The van der Waals surface area contributed by atoms with Crippen molar-refractivity contribution in [3.63, 3.8) is 0 Å². The molecular formula is C28H25N3O3. The van der Waals surface area contributed by atoms with Crippen LogP contribution in [0.3, 0.4) is 0 Å². The van der Waals surface area contributed by atoms with Gasteiger partial charge in [-0.15, -0.1) is 0 Å². The van der Waals surface area contributed by atoms with Crippen LogP contribution in [-0.2, 0) is 16.0 Å². The number of nitrogens with zero attached hydrogens (tertiary/aromatic N) is 2. The Kier molecular flexibility index (Phi) is 5.80. The van der Waals surface area contributed by atoms with Gasteiger partial charge in [-0.1, -0.05) is 35.9 Å². The zero-order valence-electron chi connectivity index (χ0n) is 18.9. The Balaban J connectivity index is 1.34. The highest BCUT2D eigenvalue weighted by atomic mass is 16.2. The van der Waals surface area contributed by atoms with Crippen molar-refractivity contribution >= 4 is 29.1 Å². The van der Waals surface area contributed by atoms with E-state index in [0.717, 1.165) is 23.1 Å². The molecule has 2 heterocycles. The molecule has 1 aliphatic heterocycles. The van der Waals surface area contributed by atoms with Crippen molar-refractivity contribution in [3.05, 3.63) is 101 Å². The molecule has 2 aliphatic rings. The number of aromatic nitrogens is 1. The lowest BCUT2D eigenvalue weighted by atomic mass is 9.82. The van der Waals surface area contributed by atoms with Crippen LogP contribution in [0.15, 0.2) is 84.7 Å². The smallest absolute Gasteiger partial charge is 0.257 e. The van der Waals surface area contributed by atoms with Crippen molar-refractivity contribution in [2.24, 2.45) is 11.8 Å². The average Bonchev–Trinajstić information content (AvgIpc) is 3.10. The fourth-order valence-corrected chi connectivity index (χ4v) is 4.78. The molecule has 0 spiro atoms. The number of imide groups is 1. The molecule has 34 heavy (non-hydrogen) atoms. The van der Waals surface area contributed by atoms with Crippen molar-refractivity contribution in [1.82, 2.24) is 4.98 Å². The number of benzene rings is 2. The van der Waals surface area contributed by atoms with Crippen molar-refractivity contribution < 1.29 is 14.4 Å². The standard InChI is InChI=1S/C28H25N3O3/c1-18-6-11-22-24(16-18)28(34)31(27(22)33)25-5-3-2-4-23(25)26(32)30-21-9-7-19(8-10-21)17-20-12-14-29-15-13-20/h2-10,12-15,22,24H,11,16-17H2,1H3,(H,30,32)/t22-,24-/m1/s1. The quantitative estimate of drug-likeness (QED) is 0.448. The molecule has 1 aromatic heterocycles. The van der Waals surface area contributed by atoms with E-state index in [1.165, 1.54) is 4.90 Å². The van der Waals surface area contributed by atoms with Crippen LogP contribution in [-0.4, -0.2) is 22.7 Å². The van der Waals surface area contributed by atoms with E-state index < -0.39 is 0 Å². The first-order valence-electron chi connectivity index (χ1n) is 11.4. The Labute approximate surface area is 198 Å². The largest absolute Gasteiger partial charge is 0.322 e. The minimum absolute atomic E-state index is 0.219. The van der Waals surface area contributed by atoms with E-state index in [1.54, 1.807) is 36.7 Å². The summed E-state index contributed by atoms with van der Waals surface area (Å²) in [7, 11) is 0. The van der Waals surface area contributed by atoms with E-state index in [4.69, 9.17) is 0 Å². The van der Waals surface area contributed by atoms with E-state index >= 15 is 0 Å². The summed E-state index contributed by atoms with van der Waals surface area (Å²) in [5, 5.41) is 2.90. The molecule has 1 fully saturated rings. The molecule has 3 amide bonds. The minimum Gasteiger partial charge on any atom is -0.322 e. The summed E-state index contributed by atoms with van der Waals surface area (Å²) in [5.41, 5.74) is 4.69. The van der Waals surface area contributed by atoms with E-state index in [0.29, 0.717) is 29.8 Å². The van der Waals surface area contributed by atoms with Gasteiger partial charge in [-0.2, -0.15) is 0 Å². The predicted octanol–water partition coefficient (Wildman–Crippen LogP) is 4.77. The number of allylic oxidation sites excluding steroid dienone is 2. The van der Waals surface area contributed by atoms with Gasteiger partial charge in [0.25, 0.3) is 5.91 Å². The molecule has 2 atom stereocenters. The number of carbonyl (C=O) groups excluding carboxylic acids is 3. The van der Waals surface area contributed by atoms with Crippen LogP contribution < -0.4 is 10.2 Å². The number of fused-ring (bicyclic) bond motifs is 1. The maximum atomic E-state index is 13.2. The van der Waals surface area contributed by atoms with Gasteiger partial charge < -0.3 is 5.32 Å². The van der Waals surface area contributed by atoms with Gasteiger partial charge in [0.1, 0.15) is 0 Å². The fraction of sp³-hybridized carbons (Fsp3) is 0.214. The number of amides is 3. The molecule has 1 aliphatic carbocycles. The number of anilines is 2. The van der Waals surface area contributed by atoms with Crippen LogP contribution >= 0.6 is 0 Å². The van der Waals surface area contributed by atoms with Crippen LogP contribution in [0.5, 0.6) is 0 Å². The first-order valence-corrected chi connectivity index (χ1v) is 11.4. The highest BCUT2D eigenvalue weighted by Crippen LogP contribution is 2.40. The molecule has 2 aromatic carbocycles. The SMILES string of the molecule is CC1=CC[C@H]2C(=O)N(c3ccccc3C(=O)Nc3ccc(Cc4ccncc4)cc3)C(=O)[C@@H]2C1. The van der Waals surface area contributed by atoms with E-state index in [9.17, 15) is 14.4 Å². The third-order valence-corrected chi connectivity index (χ3v) is 6.58. The molecule has 0 bridgehead atoms. The average molecular weight is 452 g/mol. The van der Waals surface area contributed by atoms with Crippen molar-refractivity contribution in [2.45, 2.75) is 26.2 Å². The zero-order chi connectivity index (χ0) is 23.7. The van der Waals surface area contributed by atoms with E-state index in [-0.39, 0.29) is 29.6 Å². The number of pyridine rings is 1. The van der Waals surface area contributed by atoms with Crippen LogP contribution in [0.4, 0.5) is 11.4 Å². The number of hydrogen-bond acceptors (Lipinski definition) is 4. The predicted molar refractivity (Wildman–Crippen MR) is 130 cm³/mol. The Morgan fingerprint density at radius 3 is 2.38 bits per heavy atom. The maximum absolute atomic E-state index is 13.2. The number of para-hydroxylation sites is 1. The Morgan fingerprint density at radius 2 is 1.62 bits per heavy atom. The van der Waals surface area contributed by atoms with Crippen molar-refractivity contribution in [2.75, 3.05) is 10.2 Å². The molecule has 1 saturated heterocycles. The number of hydrogen-bond donors (Lipinski definition) is 1. The normalized spacial score (nSPS) is 19.6. The van der Waals surface area contributed by atoms with Gasteiger partial charge >= 0.3 is 0 Å². The second kappa shape index (κ2) is 9.06. The molecule has 5 rings (SSSR count). The summed E-state index contributed by atoms with van der Waals surface area (Å²) in [6, 6.07) is 18.4. The second-order valence-electron chi connectivity index (χ2n) is 8.92. The third-order valence-electron chi connectivity index (χ3n) is 6.58. The molecule has 0 unspecified atom stereocenters. The van der Waals surface area contributed by atoms with Gasteiger partial charge in [0.2, 0.25) is 11.8 Å². The number of rotatable bonds is 5. The van der Waals surface area contributed by atoms with E-state index in [1.807, 2.05) is 49.4 Å². The molecular weight excluding hydrogens is 426 g/mol. The van der Waals surface area contributed by atoms with Gasteiger partial charge in [0, 0.05) is 18.1 Å². The summed E-state index contributed by atoms with van der Waals surface area (Å²) >= 11 is 0. The molecule has 6 nitrogen and oxygen atoms in total. The third kappa shape index (κ3) is 4.15. The van der Waals surface area contributed by atoms with Crippen LogP contribution in [0.2, 0.25) is 0 Å². The Hall–Kier alpha value is -4.06. The fourth-order valence-electron chi connectivity index (χ4n) is 4.78. The molecule has 6 heteroatoms. The van der Waals surface area contributed by atoms with Gasteiger partial charge in [-0.25, -0.2) is 4.90 Å². The lowest BCUT2D eigenvalue weighted by Gasteiger charge is -2.19. The van der Waals surface area contributed by atoms with Crippen LogP contribution in [0.25, 0.3) is 0 Å². The molecule has 0 saturated carbocycles. The van der Waals surface area contributed by atoms with Gasteiger partial charge in [0.05, 0.1) is 23.1 Å². The monoisotopic (exact) mass is 451 g/mol. The molecule has 1 N–H and O–H groups in total. The Bertz CT molecular complexity index is 1280. The van der Waals surface area contributed by atoms with Gasteiger partial charge in [-0.3, -0.25) is 19.4 Å². The topological polar surface area (TPSA) is 79.4 Å². The number of nitrogens with one attached hydrogen (secondary N) is 1. The molecule has 0 radical (unpaired) electrons. The maximum Gasteiger partial charge on any atom is 0.257 e. The summed E-state index contributed by atoms with van der Waals surface area (Å²) < 4.78 is 0. The highest BCUT2D eigenvalue weighted by molar-refractivity contribution is 6.25. The molecule has 3 aromatic rings.